The number of carbonyl (C=O) groups is 1. The number of nitrogens with zero attached hydrogens (tertiary/aromatic N) is 1. The number of benzene rings is 2. The number of non-ortho nitro benzene ring substituents is 1. The van der Waals surface area contributed by atoms with Gasteiger partial charge in [0.1, 0.15) is 17.5 Å². The van der Waals surface area contributed by atoms with Crippen LogP contribution >= 0.6 is 8.53 Å². The number of carbonyl (C=O) groups excluding carboxylic acids is 1. The Morgan fingerprint density at radius 1 is 1.00 bits per heavy atom. The molecule has 0 saturated carbocycles. The molecule has 9 heteroatoms. The van der Waals surface area contributed by atoms with E-state index in [2.05, 4.69) is 18.9 Å². The second kappa shape index (κ2) is 15.2. The van der Waals surface area contributed by atoms with Gasteiger partial charge in [0.15, 0.2) is 0 Å². The molecule has 32 heavy (non-hydrogen) atoms. The predicted molar refractivity (Wildman–Crippen MR) is 127 cm³/mol. The van der Waals surface area contributed by atoms with E-state index in [0.717, 1.165) is 12.8 Å². The first-order valence-corrected chi connectivity index (χ1v) is 12.0. The molecule has 0 amide bonds. The van der Waals surface area contributed by atoms with E-state index < -0.39 is 25.5 Å². The molecule has 176 valence electrons. The zero-order valence-corrected chi connectivity index (χ0v) is 20.2. The number of rotatable bonds is 12. The average molecular weight is 464 g/mol. The topological polar surface area (TPSA) is 99.9 Å². The number of nitro benzene ring substituents is 1. The molecule has 2 rings (SSSR count). The zero-order valence-electron chi connectivity index (χ0n) is 19.3. The average Bonchev–Trinajstić information content (AvgIpc) is 2.81. The van der Waals surface area contributed by atoms with Crippen LogP contribution in [-0.4, -0.2) is 23.5 Å². The number of nitro groups is 1. The summed E-state index contributed by atoms with van der Waals surface area (Å²) in [5, 5.41) is 13.9. The van der Waals surface area contributed by atoms with E-state index in [1.54, 1.807) is 19.1 Å². The number of nitrogens with one attached hydrogen (secondary N) is 1. The summed E-state index contributed by atoms with van der Waals surface area (Å²) in [6.45, 7) is 10.2. The molecule has 0 aliphatic rings. The van der Waals surface area contributed by atoms with E-state index in [1.807, 2.05) is 32.0 Å². The molecule has 0 radical (unpaired) electrons. The van der Waals surface area contributed by atoms with Crippen LogP contribution < -0.4 is 14.1 Å². The Morgan fingerprint density at radius 2 is 1.53 bits per heavy atom. The van der Waals surface area contributed by atoms with Crippen LogP contribution in [0.3, 0.4) is 0 Å². The minimum atomic E-state index is -1.76. The minimum absolute atomic E-state index is 0.0398. The van der Waals surface area contributed by atoms with Gasteiger partial charge in [0.25, 0.3) is 5.69 Å². The highest BCUT2D eigenvalue weighted by Gasteiger charge is 2.24. The van der Waals surface area contributed by atoms with Gasteiger partial charge in [-0.2, -0.15) is 0 Å². The molecular formula is C23H33N2O6P. The van der Waals surface area contributed by atoms with Crippen molar-refractivity contribution in [3.63, 3.8) is 0 Å². The van der Waals surface area contributed by atoms with E-state index in [0.29, 0.717) is 24.0 Å². The van der Waals surface area contributed by atoms with Crippen LogP contribution in [0.15, 0.2) is 54.6 Å². The van der Waals surface area contributed by atoms with E-state index in [4.69, 9.17) is 13.8 Å². The van der Waals surface area contributed by atoms with Gasteiger partial charge in [-0.05, 0) is 37.1 Å². The lowest BCUT2D eigenvalue weighted by Gasteiger charge is -2.22. The van der Waals surface area contributed by atoms with Crippen LogP contribution in [0, 0.1) is 16.0 Å². The van der Waals surface area contributed by atoms with Crippen molar-refractivity contribution in [1.82, 2.24) is 5.09 Å². The van der Waals surface area contributed by atoms with Crippen molar-refractivity contribution in [2.45, 2.75) is 53.5 Å². The van der Waals surface area contributed by atoms with Crippen molar-refractivity contribution in [3.05, 3.63) is 64.7 Å². The molecule has 0 spiro atoms. The minimum Gasteiger partial charge on any atom is -0.464 e. The van der Waals surface area contributed by atoms with Crippen LogP contribution in [0.25, 0.3) is 0 Å². The smallest absolute Gasteiger partial charge is 0.382 e. The molecule has 0 bridgehead atoms. The molecule has 0 aliphatic heterocycles. The number of para-hydroxylation sites is 1. The maximum Gasteiger partial charge on any atom is 0.382 e. The number of hydrogen-bond acceptors (Lipinski definition) is 7. The van der Waals surface area contributed by atoms with Crippen LogP contribution in [-0.2, 0) is 9.53 Å². The first-order chi connectivity index (χ1) is 15.4. The summed E-state index contributed by atoms with van der Waals surface area (Å²) in [5.41, 5.74) is -0.0398. The molecule has 2 aromatic rings. The second-order valence-corrected chi connectivity index (χ2v) is 7.80. The number of hydrogen-bond donors (Lipinski definition) is 1. The zero-order chi connectivity index (χ0) is 23.9. The van der Waals surface area contributed by atoms with E-state index in [9.17, 15) is 14.9 Å². The normalized spacial score (nSPS) is 12.2. The molecule has 1 N–H and O–H groups in total. The van der Waals surface area contributed by atoms with Gasteiger partial charge in [-0.15, -0.1) is 0 Å². The van der Waals surface area contributed by atoms with Gasteiger partial charge < -0.3 is 13.8 Å². The monoisotopic (exact) mass is 464 g/mol. The Balaban J connectivity index is 0.00000249. The lowest BCUT2D eigenvalue weighted by Crippen LogP contribution is -2.34. The Labute approximate surface area is 191 Å². The van der Waals surface area contributed by atoms with Gasteiger partial charge in [-0.1, -0.05) is 58.7 Å². The van der Waals surface area contributed by atoms with Crippen LogP contribution in [0.5, 0.6) is 11.5 Å². The molecule has 0 fully saturated rings. The van der Waals surface area contributed by atoms with E-state index in [1.165, 1.54) is 24.3 Å². The first kappa shape index (κ1) is 27.3. The summed E-state index contributed by atoms with van der Waals surface area (Å²) in [6, 6.07) is 14.0. The summed E-state index contributed by atoms with van der Waals surface area (Å²) in [7, 11) is -1.76. The summed E-state index contributed by atoms with van der Waals surface area (Å²) < 4.78 is 17.1. The molecule has 2 atom stereocenters. The third-order valence-corrected chi connectivity index (χ3v) is 5.79. The standard InChI is InChI=1S/C21H27N2O6P.C2H6/c1-4-17(5-2)15-27-21(24)16(3)22-30(28-19-9-7-6-8-10-19)29-20-13-11-18(12-14-20)23(25)26;1-2/h6-14,16-17,22H,4-5,15H2,1-3H3;1-2H3. The molecular weight excluding hydrogens is 431 g/mol. The molecule has 0 aromatic heterocycles. The van der Waals surface area contributed by atoms with Gasteiger partial charge in [-0.3, -0.25) is 14.9 Å². The quantitative estimate of drug-likeness (QED) is 0.171. The van der Waals surface area contributed by atoms with Gasteiger partial charge in [0.05, 0.1) is 11.5 Å². The SMILES string of the molecule is CC.CCC(CC)COC(=O)C(C)NP(Oc1ccccc1)Oc1ccc([N+](=O)[O-])cc1. The summed E-state index contributed by atoms with van der Waals surface area (Å²) in [6.07, 6.45) is 1.89. The highest BCUT2D eigenvalue weighted by molar-refractivity contribution is 7.45. The van der Waals surface area contributed by atoms with Gasteiger partial charge in [0.2, 0.25) is 0 Å². The summed E-state index contributed by atoms with van der Waals surface area (Å²) in [4.78, 5) is 22.7. The molecule has 2 aromatic carbocycles. The van der Waals surface area contributed by atoms with Crippen molar-refractivity contribution in [1.29, 1.82) is 0 Å². The molecule has 0 heterocycles. The van der Waals surface area contributed by atoms with Crippen LogP contribution in [0.4, 0.5) is 5.69 Å². The number of ether oxygens (including phenoxy) is 1. The lowest BCUT2D eigenvalue weighted by atomic mass is 10.1. The third kappa shape index (κ3) is 9.62. The maximum absolute atomic E-state index is 12.4. The molecule has 8 nitrogen and oxygen atoms in total. The van der Waals surface area contributed by atoms with Crippen LogP contribution in [0.1, 0.15) is 47.5 Å². The first-order valence-electron chi connectivity index (χ1n) is 10.8. The van der Waals surface area contributed by atoms with Crippen molar-refractivity contribution in [2.24, 2.45) is 5.92 Å². The highest BCUT2D eigenvalue weighted by atomic mass is 31.2. The van der Waals surface area contributed by atoms with Crippen molar-refractivity contribution in [3.8, 4) is 11.5 Å². The fourth-order valence-electron chi connectivity index (χ4n) is 2.43. The second-order valence-electron chi connectivity index (χ2n) is 6.67. The Bertz CT molecular complexity index is 800. The van der Waals surface area contributed by atoms with Crippen molar-refractivity contribution < 1.29 is 23.5 Å². The van der Waals surface area contributed by atoms with Crippen molar-refractivity contribution >= 4 is 20.2 Å². The number of esters is 1. The Morgan fingerprint density at radius 3 is 2.03 bits per heavy atom. The third-order valence-electron chi connectivity index (χ3n) is 4.44. The Kier molecular flexibility index (Phi) is 12.9. The van der Waals surface area contributed by atoms with Gasteiger partial charge in [0, 0.05) is 12.1 Å². The molecule has 2 unspecified atom stereocenters. The Hall–Kier alpha value is -2.70. The highest BCUT2D eigenvalue weighted by Crippen LogP contribution is 2.37. The van der Waals surface area contributed by atoms with Gasteiger partial charge in [-0.25, -0.2) is 5.09 Å². The van der Waals surface area contributed by atoms with Crippen molar-refractivity contribution in [2.75, 3.05) is 6.61 Å². The maximum atomic E-state index is 12.4. The van der Waals surface area contributed by atoms with E-state index >= 15 is 0 Å². The fraction of sp³-hybridized carbons (Fsp3) is 0.435. The molecule has 0 aliphatic carbocycles. The largest absolute Gasteiger partial charge is 0.464 e. The van der Waals surface area contributed by atoms with Gasteiger partial charge >= 0.3 is 14.5 Å². The van der Waals surface area contributed by atoms with Crippen LogP contribution in [0.2, 0.25) is 0 Å². The summed E-state index contributed by atoms with van der Waals surface area (Å²) >= 11 is 0. The summed E-state index contributed by atoms with van der Waals surface area (Å²) in [5.74, 6) is 0.890. The lowest BCUT2D eigenvalue weighted by molar-refractivity contribution is -0.384. The fourth-order valence-corrected chi connectivity index (χ4v) is 3.62. The predicted octanol–water partition coefficient (Wildman–Crippen LogP) is 6.26. The molecule has 0 saturated heterocycles. The van der Waals surface area contributed by atoms with E-state index in [-0.39, 0.29) is 5.69 Å².